The van der Waals surface area contributed by atoms with E-state index < -0.39 is 0 Å². The van der Waals surface area contributed by atoms with Crippen LogP contribution in [-0.4, -0.2) is 19.6 Å². The maximum absolute atomic E-state index is 11.9. The molecule has 0 radical (unpaired) electrons. The second-order valence-corrected chi connectivity index (χ2v) is 5.11. The summed E-state index contributed by atoms with van der Waals surface area (Å²) in [6.45, 7) is 0.387. The molecule has 0 bridgehead atoms. The van der Waals surface area contributed by atoms with E-state index in [0.717, 1.165) is 5.56 Å². The van der Waals surface area contributed by atoms with Gasteiger partial charge in [0.25, 0.3) is 0 Å². The summed E-state index contributed by atoms with van der Waals surface area (Å²) in [6.07, 6.45) is 2.39. The molecular formula is C16H18ClNO3. The molecule has 0 fully saturated rings. The standard InChI is InChI=1S/C16H18ClNO3/c1-20-15(14-6-3-9-21-14)11-18-16(19)8-7-12-4-2-5-13(17)10-12/h2-6,9-10,15H,7-8,11H2,1H3,(H,18,19)/t15-/m1/s1. The van der Waals surface area contributed by atoms with Crippen molar-refractivity contribution in [2.24, 2.45) is 0 Å². The lowest BCUT2D eigenvalue weighted by atomic mass is 10.1. The van der Waals surface area contributed by atoms with E-state index in [2.05, 4.69) is 5.32 Å². The molecule has 0 saturated heterocycles. The van der Waals surface area contributed by atoms with E-state index in [1.54, 1.807) is 19.4 Å². The average molecular weight is 308 g/mol. The fourth-order valence-corrected chi connectivity index (χ4v) is 2.23. The number of carbonyl (C=O) groups is 1. The van der Waals surface area contributed by atoms with Gasteiger partial charge in [0.05, 0.1) is 12.8 Å². The summed E-state index contributed by atoms with van der Waals surface area (Å²) in [4.78, 5) is 11.9. The molecule has 21 heavy (non-hydrogen) atoms. The molecule has 0 saturated carbocycles. The minimum Gasteiger partial charge on any atom is -0.467 e. The van der Waals surface area contributed by atoms with Gasteiger partial charge in [-0.05, 0) is 36.2 Å². The van der Waals surface area contributed by atoms with Crippen LogP contribution in [0.3, 0.4) is 0 Å². The maximum atomic E-state index is 11.9. The number of amides is 1. The highest BCUT2D eigenvalue weighted by Crippen LogP contribution is 2.16. The van der Waals surface area contributed by atoms with Crippen LogP contribution in [0.25, 0.3) is 0 Å². The summed E-state index contributed by atoms with van der Waals surface area (Å²) >= 11 is 5.91. The molecule has 0 aliphatic heterocycles. The van der Waals surface area contributed by atoms with Gasteiger partial charge in [0.15, 0.2) is 0 Å². The smallest absolute Gasteiger partial charge is 0.220 e. The first-order chi connectivity index (χ1) is 10.2. The molecule has 2 rings (SSSR count). The molecule has 1 N–H and O–H groups in total. The Morgan fingerprint density at radius 3 is 2.90 bits per heavy atom. The van der Waals surface area contributed by atoms with Crippen molar-refractivity contribution < 1.29 is 13.9 Å². The third kappa shape index (κ3) is 4.92. The van der Waals surface area contributed by atoms with E-state index in [-0.39, 0.29) is 12.0 Å². The van der Waals surface area contributed by atoms with Gasteiger partial charge in [-0.2, -0.15) is 0 Å². The van der Waals surface area contributed by atoms with E-state index in [4.69, 9.17) is 20.8 Å². The topological polar surface area (TPSA) is 51.5 Å². The Morgan fingerprint density at radius 2 is 2.24 bits per heavy atom. The van der Waals surface area contributed by atoms with Gasteiger partial charge >= 0.3 is 0 Å². The third-order valence-corrected chi connectivity index (χ3v) is 3.39. The zero-order valence-electron chi connectivity index (χ0n) is 11.8. The van der Waals surface area contributed by atoms with Crippen LogP contribution in [0.5, 0.6) is 0 Å². The predicted molar refractivity (Wildman–Crippen MR) is 81.2 cm³/mol. The first-order valence-electron chi connectivity index (χ1n) is 6.76. The normalized spacial score (nSPS) is 12.1. The van der Waals surface area contributed by atoms with Gasteiger partial charge in [-0.3, -0.25) is 4.79 Å². The highest BCUT2D eigenvalue weighted by molar-refractivity contribution is 6.30. The van der Waals surface area contributed by atoms with Crippen LogP contribution in [0, 0.1) is 0 Å². The quantitative estimate of drug-likeness (QED) is 0.853. The summed E-state index contributed by atoms with van der Waals surface area (Å²) in [6, 6.07) is 11.1. The van der Waals surface area contributed by atoms with Gasteiger partial charge in [-0.1, -0.05) is 23.7 Å². The molecule has 0 unspecified atom stereocenters. The van der Waals surface area contributed by atoms with Crippen molar-refractivity contribution in [3.05, 3.63) is 59.0 Å². The number of aryl methyl sites for hydroxylation is 1. The largest absolute Gasteiger partial charge is 0.467 e. The number of nitrogens with one attached hydrogen (secondary N) is 1. The number of furan rings is 1. The highest BCUT2D eigenvalue weighted by atomic mass is 35.5. The maximum Gasteiger partial charge on any atom is 0.220 e. The number of ether oxygens (including phenoxy) is 1. The van der Waals surface area contributed by atoms with Gasteiger partial charge in [0.1, 0.15) is 11.9 Å². The molecule has 0 aliphatic carbocycles. The molecule has 1 heterocycles. The van der Waals surface area contributed by atoms with Crippen molar-refractivity contribution in [1.82, 2.24) is 5.32 Å². The predicted octanol–water partition coefficient (Wildman–Crippen LogP) is 3.37. The zero-order valence-corrected chi connectivity index (χ0v) is 12.6. The van der Waals surface area contributed by atoms with Gasteiger partial charge in [-0.25, -0.2) is 0 Å². The minimum atomic E-state index is -0.268. The van der Waals surface area contributed by atoms with Gasteiger partial charge in [0, 0.05) is 18.6 Å². The number of carbonyl (C=O) groups excluding carboxylic acids is 1. The molecule has 2 aromatic rings. The van der Waals surface area contributed by atoms with Crippen molar-refractivity contribution >= 4 is 17.5 Å². The average Bonchev–Trinajstić information content (AvgIpc) is 3.00. The highest BCUT2D eigenvalue weighted by Gasteiger charge is 2.14. The van der Waals surface area contributed by atoms with Crippen molar-refractivity contribution in [1.29, 1.82) is 0 Å². The van der Waals surface area contributed by atoms with Crippen LogP contribution in [0.15, 0.2) is 47.1 Å². The molecule has 4 nitrogen and oxygen atoms in total. The Hall–Kier alpha value is -1.78. The van der Waals surface area contributed by atoms with Crippen LogP contribution in [0.1, 0.15) is 23.8 Å². The third-order valence-electron chi connectivity index (χ3n) is 3.16. The van der Waals surface area contributed by atoms with E-state index in [0.29, 0.717) is 30.2 Å². The number of hydrogen-bond donors (Lipinski definition) is 1. The van der Waals surface area contributed by atoms with Crippen molar-refractivity contribution in [3.63, 3.8) is 0 Å². The Labute approximate surface area is 129 Å². The lowest BCUT2D eigenvalue weighted by Crippen LogP contribution is -2.29. The summed E-state index contributed by atoms with van der Waals surface area (Å²) in [5, 5.41) is 3.54. The Bertz CT molecular complexity index is 569. The molecule has 1 atom stereocenters. The van der Waals surface area contributed by atoms with Crippen LogP contribution >= 0.6 is 11.6 Å². The molecule has 1 amide bonds. The zero-order chi connectivity index (χ0) is 15.1. The molecular weight excluding hydrogens is 290 g/mol. The Morgan fingerprint density at radius 1 is 1.38 bits per heavy atom. The number of halogens is 1. The van der Waals surface area contributed by atoms with Crippen molar-refractivity contribution in [3.8, 4) is 0 Å². The summed E-state index contributed by atoms with van der Waals surface area (Å²) in [7, 11) is 1.59. The summed E-state index contributed by atoms with van der Waals surface area (Å²) in [5.74, 6) is 0.677. The van der Waals surface area contributed by atoms with Crippen LogP contribution in [-0.2, 0) is 16.0 Å². The number of benzene rings is 1. The van der Waals surface area contributed by atoms with Crippen LogP contribution in [0.2, 0.25) is 5.02 Å². The number of rotatable bonds is 7. The molecule has 0 spiro atoms. The Balaban J connectivity index is 1.77. The lowest BCUT2D eigenvalue weighted by molar-refractivity contribution is -0.121. The summed E-state index contributed by atoms with van der Waals surface area (Å²) < 4.78 is 10.6. The van der Waals surface area contributed by atoms with Crippen molar-refractivity contribution in [2.75, 3.05) is 13.7 Å². The summed E-state index contributed by atoms with van der Waals surface area (Å²) in [5.41, 5.74) is 1.05. The second kappa shape index (κ2) is 7.86. The SMILES string of the molecule is CO[C@H](CNC(=O)CCc1cccc(Cl)c1)c1ccco1. The van der Waals surface area contributed by atoms with Gasteiger partial charge in [0.2, 0.25) is 5.91 Å². The Kier molecular flexibility index (Phi) is 5.84. The molecule has 1 aromatic heterocycles. The van der Waals surface area contributed by atoms with Gasteiger partial charge < -0.3 is 14.5 Å². The molecule has 5 heteroatoms. The fraction of sp³-hybridized carbons (Fsp3) is 0.312. The fourth-order valence-electron chi connectivity index (χ4n) is 2.02. The molecule has 112 valence electrons. The van der Waals surface area contributed by atoms with Gasteiger partial charge in [-0.15, -0.1) is 0 Å². The van der Waals surface area contributed by atoms with Crippen LogP contribution < -0.4 is 5.32 Å². The first kappa shape index (κ1) is 15.6. The van der Waals surface area contributed by atoms with Crippen molar-refractivity contribution in [2.45, 2.75) is 18.9 Å². The van der Waals surface area contributed by atoms with E-state index in [1.807, 2.05) is 30.3 Å². The van der Waals surface area contributed by atoms with Crippen LogP contribution in [0.4, 0.5) is 0 Å². The minimum absolute atomic E-state index is 0.0245. The van der Waals surface area contributed by atoms with E-state index >= 15 is 0 Å². The molecule has 1 aromatic carbocycles. The monoisotopic (exact) mass is 307 g/mol. The number of methoxy groups -OCH3 is 1. The van der Waals surface area contributed by atoms with E-state index in [9.17, 15) is 4.79 Å². The van der Waals surface area contributed by atoms with E-state index in [1.165, 1.54) is 0 Å². The molecule has 0 aliphatic rings. The number of hydrogen-bond acceptors (Lipinski definition) is 3. The second-order valence-electron chi connectivity index (χ2n) is 4.67. The first-order valence-corrected chi connectivity index (χ1v) is 7.14. The lowest BCUT2D eigenvalue weighted by Gasteiger charge is -2.13.